The van der Waals surface area contributed by atoms with Crippen LogP contribution in [-0.2, 0) is 24.9 Å². The average molecular weight is 499 g/mol. The topological polar surface area (TPSA) is 103 Å². The molecule has 0 unspecified atom stereocenters. The summed E-state index contributed by atoms with van der Waals surface area (Å²) in [6.45, 7) is 5.85. The third-order valence-electron chi connectivity index (χ3n) is 5.88. The maximum atomic E-state index is 13.5. The highest BCUT2D eigenvalue weighted by Crippen LogP contribution is 2.25. The number of nitrogens with one attached hydrogen (secondary N) is 2. The lowest BCUT2D eigenvalue weighted by molar-refractivity contribution is -0.144. The largest absolute Gasteiger partial charge is 0.408 e. The van der Waals surface area contributed by atoms with Gasteiger partial charge in [-0.15, -0.1) is 0 Å². The van der Waals surface area contributed by atoms with E-state index in [1.807, 2.05) is 39.0 Å². The molecule has 3 aromatic heterocycles. The minimum absolute atomic E-state index is 0.0162. The number of benzene rings is 1. The van der Waals surface area contributed by atoms with Gasteiger partial charge in [-0.2, -0.15) is 18.2 Å². The fourth-order valence-electron chi connectivity index (χ4n) is 4.15. The maximum Gasteiger partial charge on any atom is 0.408 e. The van der Waals surface area contributed by atoms with Crippen molar-refractivity contribution in [3.05, 3.63) is 64.0 Å². The van der Waals surface area contributed by atoms with E-state index in [-0.39, 0.29) is 22.8 Å². The highest BCUT2D eigenvalue weighted by molar-refractivity contribution is 5.77. The van der Waals surface area contributed by atoms with Crippen LogP contribution in [0.4, 0.5) is 24.8 Å². The van der Waals surface area contributed by atoms with Crippen molar-refractivity contribution in [1.82, 2.24) is 34.6 Å². The first kappa shape index (κ1) is 23.9. The Morgan fingerprint density at radius 1 is 1.08 bits per heavy atom. The molecule has 12 heteroatoms. The fourth-order valence-corrected chi connectivity index (χ4v) is 4.15. The van der Waals surface area contributed by atoms with E-state index in [2.05, 4.69) is 30.6 Å². The molecule has 1 aliphatic heterocycles. The second-order valence-corrected chi connectivity index (χ2v) is 9.74. The molecule has 4 heterocycles. The molecule has 9 nitrogen and oxygen atoms in total. The quantitative estimate of drug-likeness (QED) is 0.443. The number of fused-ring (bicyclic) bond motifs is 2. The lowest BCUT2D eigenvalue weighted by Crippen LogP contribution is -2.31. The molecule has 0 fully saturated rings. The average Bonchev–Trinajstić information content (AvgIpc) is 3.08. The Hall–Kier alpha value is -3.80. The van der Waals surface area contributed by atoms with E-state index in [9.17, 15) is 18.0 Å². The Morgan fingerprint density at radius 2 is 1.89 bits per heavy atom. The van der Waals surface area contributed by atoms with E-state index in [0.717, 1.165) is 29.9 Å². The standard InChI is InChI=1S/C24H25F3N8O/c1-23(2,3)21-29-9-7-18(32-21)35-19-17(20(36)34(35)13-24(25,26)27)12-30-22(33-19)31-16-5-4-15-11-28-8-6-14(15)10-16/h4-5,7,9-10,12,28H,6,8,11,13H2,1-3H3,(H,30,31,33). The first-order valence-electron chi connectivity index (χ1n) is 11.5. The number of hydrogen-bond acceptors (Lipinski definition) is 7. The predicted octanol–water partition coefficient (Wildman–Crippen LogP) is 3.62. The maximum absolute atomic E-state index is 13.5. The van der Waals surface area contributed by atoms with Crippen LogP contribution in [0.1, 0.15) is 37.7 Å². The van der Waals surface area contributed by atoms with Crippen molar-refractivity contribution in [3.63, 3.8) is 0 Å². The van der Waals surface area contributed by atoms with Crippen LogP contribution in [0.5, 0.6) is 0 Å². The van der Waals surface area contributed by atoms with Crippen LogP contribution >= 0.6 is 0 Å². The van der Waals surface area contributed by atoms with Gasteiger partial charge in [0.2, 0.25) is 5.95 Å². The third kappa shape index (κ3) is 4.68. The summed E-state index contributed by atoms with van der Waals surface area (Å²) in [4.78, 5) is 30.4. The predicted molar refractivity (Wildman–Crippen MR) is 129 cm³/mol. The second kappa shape index (κ2) is 8.70. The van der Waals surface area contributed by atoms with Gasteiger partial charge < -0.3 is 10.6 Å². The molecular weight excluding hydrogens is 473 g/mol. The van der Waals surface area contributed by atoms with Crippen LogP contribution < -0.4 is 16.2 Å². The zero-order chi connectivity index (χ0) is 25.7. The summed E-state index contributed by atoms with van der Waals surface area (Å²) in [5, 5.41) is 6.39. The number of nitrogens with zero attached hydrogens (tertiary/aromatic N) is 6. The monoisotopic (exact) mass is 498 g/mol. The third-order valence-corrected chi connectivity index (χ3v) is 5.88. The van der Waals surface area contributed by atoms with Gasteiger partial charge in [0, 0.05) is 36.1 Å². The van der Waals surface area contributed by atoms with Gasteiger partial charge in [-0.1, -0.05) is 26.8 Å². The molecule has 0 aliphatic carbocycles. The van der Waals surface area contributed by atoms with E-state index in [1.54, 1.807) is 0 Å². The minimum Gasteiger partial charge on any atom is -0.324 e. The molecule has 0 radical (unpaired) electrons. The molecule has 0 amide bonds. The molecule has 0 atom stereocenters. The van der Waals surface area contributed by atoms with Gasteiger partial charge in [0.25, 0.3) is 5.56 Å². The van der Waals surface area contributed by atoms with Gasteiger partial charge in [-0.3, -0.25) is 4.79 Å². The molecule has 0 bridgehead atoms. The molecule has 0 spiro atoms. The van der Waals surface area contributed by atoms with Crippen LogP contribution in [0.2, 0.25) is 0 Å². The molecule has 4 aromatic rings. The number of anilines is 2. The summed E-state index contributed by atoms with van der Waals surface area (Å²) in [6, 6.07) is 7.35. The Kier molecular flexibility index (Phi) is 5.78. The Morgan fingerprint density at radius 3 is 2.64 bits per heavy atom. The molecule has 0 saturated heterocycles. The number of alkyl halides is 3. The number of aromatic nitrogens is 6. The highest BCUT2D eigenvalue weighted by atomic mass is 19.4. The van der Waals surface area contributed by atoms with Gasteiger partial charge in [-0.05, 0) is 36.2 Å². The summed E-state index contributed by atoms with van der Waals surface area (Å²) < 4.78 is 42.1. The molecule has 1 aliphatic rings. The number of rotatable bonds is 4. The van der Waals surface area contributed by atoms with Gasteiger partial charge in [-0.25, -0.2) is 24.3 Å². The molecule has 5 rings (SSSR count). The van der Waals surface area contributed by atoms with E-state index in [0.29, 0.717) is 10.5 Å². The van der Waals surface area contributed by atoms with Crippen molar-refractivity contribution in [1.29, 1.82) is 0 Å². The summed E-state index contributed by atoms with van der Waals surface area (Å²) in [6.07, 6.45) is -1.05. The lowest BCUT2D eigenvalue weighted by atomic mass is 9.96. The lowest BCUT2D eigenvalue weighted by Gasteiger charge is -2.19. The Labute approximate surface area is 204 Å². The van der Waals surface area contributed by atoms with Crippen molar-refractivity contribution >= 4 is 22.7 Å². The van der Waals surface area contributed by atoms with E-state index >= 15 is 0 Å². The Bertz CT molecular complexity index is 1500. The molecule has 1 aromatic carbocycles. The van der Waals surface area contributed by atoms with Crippen molar-refractivity contribution in [2.24, 2.45) is 0 Å². The first-order chi connectivity index (χ1) is 17.0. The van der Waals surface area contributed by atoms with Crippen LogP contribution in [-0.4, -0.2) is 42.0 Å². The van der Waals surface area contributed by atoms with Crippen molar-refractivity contribution in [2.75, 3.05) is 11.9 Å². The Balaban J connectivity index is 1.64. The van der Waals surface area contributed by atoms with Gasteiger partial charge in [0.15, 0.2) is 11.5 Å². The van der Waals surface area contributed by atoms with Crippen molar-refractivity contribution in [2.45, 2.75) is 51.9 Å². The smallest absolute Gasteiger partial charge is 0.324 e. The summed E-state index contributed by atoms with van der Waals surface area (Å²) in [7, 11) is 0. The molecule has 36 heavy (non-hydrogen) atoms. The minimum atomic E-state index is -4.64. The summed E-state index contributed by atoms with van der Waals surface area (Å²) >= 11 is 0. The van der Waals surface area contributed by atoms with Crippen LogP contribution in [0.25, 0.3) is 16.9 Å². The first-order valence-corrected chi connectivity index (χ1v) is 11.5. The van der Waals surface area contributed by atoms with E-state index in [4.69, 9.17) is 0 Å². The van der Waals surface area contributed by atoms with Crippen LogP contribution in [0.3, 0.4) is 0 Å². The van der Waals surface area contributed by atoms with Crippen molar-refractivity contribution in [3.8, 4) is 5.82 Å². The molecule has 188 valence electrons. The van der Waals surface area contributed by atoms with Crippen molar-refractivity contribution < 1.29 is 13.2 Å². The molecule has 0 saturated carbocycles. The molecular formula is C24H25F3N8O. The van der Waals surface area contributed by atoms with Gasteiger partial charge in [0.05, 0.1) is 0 Å². The zero-order valence-electron chi connectivity index (χ0n) is 20.0. The van der Waals surface area contributed by atoms with E-state index in [1.165, 1.54) is 29.6 Å². The summed E-state index contributed by atoms with van der Waals surface area (Å²) in [5.41, 5.74) is 1.85. The van der Waals surface area contributed by atoms with Crippen LogP contribution in [0.15, 0.2) is 41.5 Å². The fraction of sp³-hybridized carbons (Fsp3) is 0.375. The van der Waals surface area contributed by atoms with Crippen LogP contribution in [0, 0.1) is 0 Å². The number of halogens is 3. The zero-order valence-corrected chi connectivity index (χ0v) is 20.0. The highest BCUT2D eigenvalue weighted by Gasteiger charge is 2.32. The van der Waals surface area contributed by atoms with Gasteiger partial charge in [0.1, 0.15) is 17.8 Å². The molecule has 2 N–H and O–H groups in total. The van der Waals surface area contributed by atoms with E-state index < -0.39 is 23.7 Å². The second-order valence-electron chi connectivity index (χ2n) is 9.74. The normalized spacial score (nSPS) is 14.2. The SMILES string of the molecule is CC(C)(C)c1nccc(-n2c3nc(Nc4ccc5c(c4)CCNC5)ncc3c(=O)n2CC(F)(F)F)n1. The number of hydrogen-bond donors (Lipinski definition) is 2. The van der Waals surface area contributed by atoms with Gasteiger partial charge >= 0.3 is 6.18 Å². The summed E-state index contributed by atoms with van der Waals surface area (Å²) in [5.74, 6) is 0.681.